The summed E-state index contributed by atoms with van der Waals surface area (Å²) in [6.45, 7) is 8.19. The average molecular weight is 390 g/mol. The van der Waals surface area contributed by atoms with Gasteiger partial charge in [0.15, 0.2) is 0 Å². The lowest BCUT2D eigenvalue weighted by molar-refractivity contribution is -0.134. The molecule has 1 aliphatic heterocycles. The van der Waals surface area contributed by atoms with Gasteiger partial charge in [0.2, 0.25) is 17.7 Å². The van der Waals surface area contributed by atoms with Crippen LogP contribution in [0, 0.1) is 19.8 Å². The zero-order valence-electron chi connectivity index (χ0n) is 17.2. The Morgan fingerprint density at radius 3 is 2.57 bits per heavy atom. The Hall–Kier alpha value is -2.38. The van der Waals surface area contributed by atoms with Crippen molar-refractivity contribution in [2.75, 3.05) is 13.1 Å². The normalized spacial score (nSPS) is 21.7. The summed E-state index contributed by atoms with van der Waals surface area (Å²) >= 11 is 0. The van der Waals surface area contributed by atoms with Crippen LogP contribution in [-0.4, -0.2) is 57.1 Å². The predicted octanol–water partition coefficient (Wildman–Crippen LogP) is 0.912. The Kier molecular flexibility index (Phi) is 5.76. The van der Waals surface area contributed by atoms with Crippen LogP contribution in [-0.2, 0) is 20.9 Å². The third kappa shape index (κ3) is 4.36. The van der Waals surface area contributed by atoms with E-state index in [0.29, 0.717) is 6.54 Å². The minimum Gasteiger partial charge on any atom is -0.347 e. The maximum absolute atomic E-state index is 13.1. The largest absolute Gasteiger partial charge is 0.347 e. The third-order valence-electron chi connectivity index (χ3n) is 5.74. The van der Waals surface area contributed by atoms with Crippen LogP contribution >= 0.6 is 0 Å². The van der Waals surface area contributed by atoms with Crippen LogP contribution in [0.3, 0.4) is 0 Å². The maximum Gasteiger partial charge on any atom is 0.244 e. The van der Waals surface area contributed by atoms with E-state index < -0.39 is 6.04 Å². The van der Waals surface area contributed by atoms with Crippen molar-refractivity contribution in [2.24, 2.45) is 5.92 Å². The molecule has 2 N–H and O–H groups in total. The van der Waals surface area contributed by atoms with Crippen LogP contribution in [0.2, 0.25) is 0 Å². The average Bonchev–Trinajstić information content (AvgIpc) is 3.15. The van der Waals surface area contributed by atoms with Crippen molar-refractivity contribution >= 4 is 17.7 Å². The lowest BCUT2D eigenvalue weighted by Gasteiger charge is -2.33. The van der Waals surface area contributed by atoms with Gasteiger partial charge in [0, 0.05) is 18.2 Å². The smallest absolute Gasteiger partial charge is 0.244 e. The van der Waals surface area contributed by atoms with Gasteiger partial charge in [-0.1, -0.05) is 26.7 Å². The topological polar surface area (TPSA) is 96.3 Å². The molecule has 154 valence electrons. The van der Waals surface area contributed by atoms with Crippen molar-refractivity contribution in [3.05, 3.63) is 17.5 Å². The molecule has 2 heterocycles. The number of hydrogen-bond donors (Lipinski definition) is 2. The fraction of sp³-hybridized carbons (Fsp3) is 0.700. The molecule has 8 nitrogen and oxygen atoms in total. The predicted molar refractivity (Wildman–Crippen MR) is 104 cm³/mol. The van der Waals surface area contributed by atoms with Gasteiger partial charge in [-0.2, -0.15) is 5.10 Å². The first kappa shape index (κ1) is 20.4. The van der Waals surface area contributed by atoms with Gasteiger partial charge in [-0.15, -0.1) is 0 Å². The fourth-order valence-corrected chi connectivity index (χ4v) is 4.16. The molecule has 8 heteroatoms. The number of rotatable bonds is 4. The molecule has 1 aromatic rings. The van der Waals surface area contributed by atoms with Crippen LogP contribution < -0.4 is 10.6 Å². The molecule has 1 saturated carbocycles. The van der Waals surface area contributed by atoms with E-state index in [1.165, 1.54) is 0 Å². The standard InChI is InChI=1S/C20H31N5O3/c1-13(2)18(27)21-16-10-24(12-20(22-19(16)28)7-5-6-8-20)17(26)11-25-15(4)9-14(3)23-25/h9,13,16H,5-8,10-12H2,1-4H3,(H,21,27)(H,22,28). The van der Waals surface area contributed by atoms with Crippen molar-refractivity contribution in [2.45, 2.75) is 71.5 Å². The van der Waals surface area contributed by atoms with Crippen molar-refractivity contribution < 1.29 is 14.4 Å². The van der Waals surface area contributed by atoms with E-state index in [4.69, 9.17) is 0 Å². The molecule has 28 heavy (non-hydrogen) atoms. The van der Waals surface area contributed by atoms with Gasteiger partial charge in [-0.25, -0.2) is 0 Å². The lowest BCUT2D eigenvalue weighted by Crippen LogP contribution is -2.54. The molecule has 3 amide bonds. The number of nitrogens with zero attached hydrogens (tertiary/aromatic N) is 3. The molecule has 0 radical (unpaired) electrons. The first-order chi connectivity index (χ1) is 13.2. The van der Waals surface area contributed by atoms with Crippen molar-refractivity contribution in [3.63, 3.8) is 0 Å². The van der Waals surface area contributed by atoms with Gasteiger partial charge in [0.25, 0.3) is 0 Å². The van der Waals surface area contributed by atoms with E-state index in [0.717, 1.165) is 37.1 Å². The monoisotopic (exact) mass is 389 g/mol. The minimum atomic E-state index is -0.737. The molecule has 1 unspecified atom stereocenters. The minimum absolute atomic E-state index is 0.0854. The van der Waals surface area contributed by atoms with Crippen molar-refractivity contribution in [3.8, 4) is 0 Å². The second-order valence-corrected chi connectivity index (χ2v) is 8.55. The number of carbonyl (C=O) groups excluding carboxylic acids is 3. The molecule has 0 bridgehead atoms. The van der Waals surface area contributed by atoms with Crippen molar-refractivity contribution in [1.82, 2.24) is 25.3 Å². The van der Waals surface area contributed by atoms with E-state index in [1.54, 1.807) is 23.4 Å². The number of carbonyl (C=O) groups is 3. The van der Waals surface area contributed by atoms with Gasteiger partial charge in [0.1, 0.15) is 12.6 Å². The molecule has 1 atom stereocenters. The molecule has 1 aliphatic carbocycles. The van der Waals surface area contributed by atoms with E-state index >= 15 is 0 Å². The molecule has 1 saturated heterocycles. The molecule has 2 fully saturated rings. The molecule has 3 rings (SSSR count). The van der Waals surface area contributed by atoms with Crippen LogP contribution in [0.1, 0.15) is 50.9 Å². The SMILES string of the molecule is Cc1cc(C)n(CC(=O)N2CC(NC(=O)C(C)C)C(=O)NC3(CCCC3)C2)n1. The first-order valence-electron chi connectivity index (χ1n) is 10.1. The Labute approximate surface area is 166 Å². The van der Waals surface area contributed by atoms with E-state index in [9.17, 15) is 14.4 Å². The third-order valence-corrected chi connectivity index (χ3v) is 5.74. The highest BCUT2D eigenvalue weighted by molar-refractivity contribution is 5.90. The van der Waals surface area contributed by atoms with Crippen LogP contribution in [0.25, 0.3) is 0 Å². The van der Waals surface area contributed by atoms with E-state index in [-0.39, 0.29) is 42.3 Å². The Balaban J connectivity index is 1.81. The molecular formula is C20H31N5O3. The van der Waals surface area contributed by atoms with Crippen LogP contribution in [0.5, 0.6) is 0 Å². The highest BCUT2D eigenvalue weighted by Gasteiger charge is 2.43. The molecule has 0 aromatic carbocycles. The fourth-order valence-electron chi connectivity index (χ4n) is 4.16. The summed E-state index contributed by atoms with van der Waals surface area (Å²) in [6, 6.07) is 1.20. The van der Waals surface area contributed by atoms with Crippen LogP contribution in [0.15, 0.2) is 6.07 Å². The lowest BCUT2D eigenvalue weighted by atomic mass is 9.97. The van der Waals surface area contributed by atoms with Gasteiger partial charge in [-0.3, -0.25) is 19.1 Å². The summed E-state index contributed by atoms with van der Waals surface area (Å²) in [7, 11) is 0. The second-order valence-electron chi connectivity index (χ2n) is 8.55. The van der Waals surface area contributed by atoms with Gasteiger partial charge in [-0.05, 0) is 32.8 Å². The first-order valence-corrected chi connectivity index (χ1v) is 10.1. The number of aromatic nitrogens is 2. The zero-order valence-corrected chi connectivity index (χ0v) is 17.2. The number of hydrogen-bond acceptors (Lipinski definition) is 4. The Morgan fingerprint density at radius 2 is 2.00 bits per heavy atom. The summed E-state index contributed by atoms with van der Waals surface area (Å²) in [4.78, 5) is 39.9. The van der Waals surface area contributed by atoms with Gasteiger partial charge < -0.3 is 15.5 Å². The van der Waals surface area contributed by atoms with Gasteiger partial charge >= 0.3 is 0 Å². The summed E-state index contributed by atoms with van der Waals surface area (Å²) < 4.78 is 1.70. The summed E-state index contributed by atoms with van der Waals surface area (Å²) in [5.74, 6) is -0.695. The summed E-state index contributed by atoms with van der Waals surface area (Å²) in [5, 5.41) is 10.3. The summed E-state index contributed by atoms with van der Waals surface area (Å²) in [6.07, 6.45) is 3.77. The van der Waals surface area contributed by atoms with E-state index in [2.05, 4.69) is 15.7 Å². The number of amides is 3. The van der Waals surface area contributed by atoms with Gasteiger partial charge in [0.05, 0.1) is 17.8 Å². The molecule has 1 spiro atoms. The Morgan fingerprint density at radius 1 is 1.32 bits per heavy atom. The van der Waals surface area contributed by atoms with Crippen LogP contribution in [0.4, 0.5) is 0 Å². The number of aryl methyl sites for hydroxylation is 2. The van der Waals surface area contributed by atoms with Crippen molar-refractivity contribution in [1.29, 1.82) is 0 Å². The molecular weight excluding hydrogens is 358 g/mol. The zero-order chi connectivity index (χ0) is 20.5. The van der Waals surface area contributed by atoms with E-state index in [1.807, 2.05) is 19.9 Å². The highest BCUT2D eigenvalue weighted by Crippen LogP contribution is 2.32. The molecule has 2 aliphatic rings. The maximum atomic E-state index is 13.1. The second kappa shape index (κ2) is 7.93. The highest BCUT2D eigenvalue weighted by atomic mass is 16.2. The summed E-state index contributed by atoms with van der Waals surface area (Å²) in [5.41, 5.74) is 1.40. The quantitative estimate of drug-likeness (QED) is 0.800. The molecule has 1 aromatic heterocycles. The number of nitrogens with one attached hydrogen (secondary N) is 2. The Bertz CT molecular complexity index is 764.